The number of carbonyl (C=O) groups is 1. The topological polar surface area (TPSA) is 75.7 Å². The standard InChI is InChI=1S/C24H31ClN2O4S/c1-5-22(19-11-10-17-8-6-7-9-18(17)14-19)26-24(28)16(2)27(32(4,29)30)20-12-13-23(31-3)21(25)15-20/h10-16,22H,5-9H2,1-4H3,(H,26,28). The van der Waals surface area contributed by atoms with Gasteiger partial charge in [-0.3, -0.25) is 9.10 Å². The zero-order chi connectivity index (χ0) is 23.5. The van der Waals surface area contributed by atoms with E-state index >= 15 is 0 Å². The third-order valence-electron chi connectivity index (χ3n) is 5.98. The van der Waals surface area contributed by atoms with Crippen LogP contribution >= 0.6 is 11.6 Å². The summed E-state index contributed by atoms with van der Waals surface area (Å²) < 4.78 is 31.4. The first-order valence-corrected chi connectivity index (χ1v) is 13.1. The number of nitrogens with zero attached hydrogens (tertiary/aromatic N) is 1. The molecule has 0 saturated heterocycles. The average Bonchev–Trinajstić information content (AvgIpc) is 2.76. The van der Waals surface area contributed by atoms with Crippen molar-refractivity contribution in [2.45, 2.75) is 58.0 Å². The Kier molecular flexibility index (Phi) is 7.72. The number of carbonyl (C=O) groups excluding carboxylic acids is 1. The Labute approximate surface area is 196 Å². The molecule has 32 heavy (non-hydrogen) atoms. The second kappa shape index (κ2) is 10.1. The molecule has 0 aromatic heterocycles. The van der Waals surface area contributed by atoms with Crippen molar-refractivity contribution in [3.05, 3.63) is 58.1 Å². The number of ether oxygens (including phenoxy) is 1. The molecule has 0 fully saturated rings. The highest BCUT2D eigenvalue weighted by Gasteiger charge is 2.31. The largest absolute Gasteiger partial charge is 0.495 e. The van der Waals surface area contributed by atoms with Crippen LogP contribution in [-0.4, -0.2) is 33.7 Å². The maximum absolute atomic E-state index is 13.2. The molecule has 2 unspecified atom stereocenters. The van der Waals surface area contributed by atoms with E-state index in [4.69, 9.17) is 16.3 Å². The van der Waals surface area contributed by atoms with E-state index in [1.165, 1.54) is 37.1 Å². The third-order valence-corrected chi connectivity index (χ3v) is 7.52. The number of fused-ring (bicyclic) bond motifs is 1. The second-order valence-corrected chi connectivity index (χ2v) is 10.5. The molecule has 1 N–H and O–H groups in total. The van der Waals surface area contributed by atoms with Crippen molar-refractivity contribution in [2.75, 3.05) is 17.7 Å². The zero-order valence-corrected chi connectivity index (χ0v) is 20.6. The lowest BCUT2D eigenvalue weighted by molar-refractivity contribution is -0.122. The predicted octanol–water partition coefficient (Wildman–Crippen LogP) is 4.65. The lowest BCUT2D eigenvalue weighted by Crippen LogP contribution is -2.48. The maximum atomic E-state index is 13.2. The van der Waals surface area contributed by atoms with Crippen molar-refractivity contribution in [2.24, 2.45) is 0 Å². The van der Waals surface area contributed by atoms with Crippen LogP contribution in [0.4, 0.5) is 5.69 Å². The molecule has 6 nitrogen and oxygen atoms in total. The Morgan fingerprint density at radius 3 is 2.44 bits per heavy atom. The van der Waals surface area contributed by atoms with Gasteiger partial charge >= 0.3 is 0 Å². The quantitative estimate of drug-likeness (QED) is 0.599. The number of hydrogen-bond donors (Lipinski definition) is 1. The molecule has 1 aliphatic carbocycles. The summed E-state index contributed by atoms with van der Waals surface area (Å²) in [6.45, 7) is 3.58. The molecule has 0 radical (unpaired) electrons. The molecule has 1 aliphatic rings. The first-order chi connectivity index (χ1) is 15.2. The van der Waals surface area contributed by atoms with E-state index in [2.05, 4.69) is 23.5 Å². The molecule has 174 valence electrons. The van der Waals surface area contributed by atoms with E-state index in [9.17, 15) is 13.2 Å². The van der Waals surface area contributed by atoms with Crippen molar-refractivity contribution in [1.82, 2.24) is 5.32 Å². The number of methoxy groups -OCH3 is 1. The molecule has 0 spiro atoms. The van der Waals surface area contributed by atoms with E-state index in [0.29, 0.717) is 17.9 Å². The molecule has 2 aromatic rings. The molecule has 0 heterocycles. The second-order valence-electron chi connectivity index (χ2n) is 8.26. The van der Waals surface area contributed by atoms with E-state index < -0.39 is 16.1 Å². The number of aryl methyl sites for hydroxylation is 2. The number of amides is 1. The van der Waals surface area contributed by atoms with Gasteiger partial charge in [-0.15, -0.1) is 0 Å². The smallest absolute Gasteiger partial charge is 0.244 e. The minimum absolute atomic E-state index is 0.196. The molecular formula is C24H31ClN2O4S. The summed E-state index contributed by atoms with van der Waals surface area (Å²) in [7, 11) is -2.26. The summed E-state index contributed by atoms with van der Waals surface area (Å²) in [5.74, 6) is 0.0614. The highest BCUT2D eigenvalue weighted by atomic mass is 35.5. The fourth-order valence-electron chi connectivity index (χ4n) is 4.28. The molecule has 2 aromatic carbocycles. The molecule has 2 atom stereocenters. The summed E-state index contributed by atoms with van der Waals surface area (Å²) in [6.07, 6.45) is 6.34. The van der Waals surface area contributed by atoms with Gasteiger partial charge in [-0.1, -0.05) is 36.7 Å². The van der Waals surface area contributed by atoms with Crippen molar-refractivity contribution in [3.8, 4) is 5.75 Å². The summed E-state index contributed by atoms with van der Waals surface area (Å²) in [6, 6.07) is 9.92. The van der Waals surface area contributed by atoms with E-state index in [0.717, 1.165) is 29.0 Å². The van der Waals surface area contributed by atoms with Crippen LogP contribution in [0.15, 0.2) is 36.4 Å². The van der Waals surface area contributed by atoms with Crippen LogP contribution in [0.25, 0.3) is 0 Å². The first-order valence-electron chi connectivity index (χ1n) is 10.9. The Balaban J connectivity index is 1.84. The summed E-state index contributed by atoms with van der Waals surface area (Å²) in [5.41, 5.74) is 4.09. The minimum atomic E-state index is -3.74. The number of rotatable bonds is 8. The Morgan fingerprint density at radius 1 is 1.16 bits per heavy atom. The van der Waals surface area contributed by atoms with Crippen LogP contribution in [-0.2, 0) is 27.7 Å². The van der Waals surface area contributed by atoms with Crippen LogP contribution in [0.1, 0.15) is 55.8 Å². The Bertz CT molecular complexity index is 1090. The average molecular weight is 479 g/mol. The van der Waals surface area contributed by atoms with Gasteiger partial charge in [0.25, 0.3) is 0 Å². The Hall–Kier alpha value is -2.25. The zero-order valence-electron chi connectivity index (χ0n) is 19.0. The highest BCUT2D eigenvalue weighted by molar-refractivity contribution is 7.92. The molecule has 3 rings (SSSR count). The number of benzene rings is 2. The minimum Gasteiger partial charge on any atom is -0.495 e. The highest BCUT2D eigenvalue weighted by Crippen LogP contribution is 2.32. The van der Waals surface area contributed by atoms with Crippen molar-refractivity contribution >= 4 is 33.2 Å². The van der Waals surface area contributed by atoms with Gasteiger partial charge in [0.2, 0.25) is 15.9 Å². The number of hydrogen-bond acceptors (Lipinski definition) is 4. The predicted molar refractivity (Wildman–Crippen MR) is 129 cm³/mol. The van der Waals surface area contributed by atoms with Gasteiger partial charge in [-0.25, -0.2) is 8.42 Å². The van der Waals surface area contributed by atoms with E-state index in [-0.39, 0.29) is 17.0 Å². The van der Waals surface area contributed by atoms with Crippen molar-refractivity contribution in [3.63, 3.8) is 0 Å². The third kappa shape index (κ3) is 5.38. The van der Waals surface area contributed by atoms with E-state index in [1.807, 2.05) is 6.92 Å². The molecular weight excluding hydrogens is 448 g/mol. The molecule has 0 aliphatic heterocycles. The lowest BCUT2D eigenvalue weighted by Gasteiger charge is -2.30. The number of sulfonamides is 1. The van der Waals surface area contributed by atoms with Gasteiger partial charge in [0, 0.05) is 0 Å². The van der Waals surface area contributed by atoms with Gasteiger partial charge in [0.1, 0.15) is 11.8 Å². The summed E-state index contributed by atoms with van der Waals surface area (Å²) in [5, 5.41) is 3.32. The maximum Gasteiger partial charge on any atom is 0.244 e. The molecule has 1 amide bonds. The number of nitrogens with one attached hydrogen (secondary N) is 1. The monoisotopic (exact) mass is 478 g/mol. The van der Waals surface area contributed by atoms with Gasteiger partial charge in [0.05, 0.1) is 30.1 Å². The summed E-state index contributed by atoms with van der Waals surface area (Å²) >= 11 is 6.21. The van der Waals surface area contributed by atoms with Crippen LogP contribution in [0.5, 0.6) is 5.75 Å². The molecule has 0 saturated carbocycles. The SMILES string of the molecule is CCC(NC(=O)C(C)N(c1ccc(OC)c(Cl)c1)S(C)(=O)=O)c1ccc2c(c1)CCCC2. The van der Waals surface area contributed by atoms with Crippen molar-refractivity contribution in [1.29, 1.82) is 0 Å². The van der Waals surface area contributed by atoms with Crippen molar-refractivity contribution < 1.29 is 17.9 Å². The first kappa shape index (κ1) is 24.4. The van der Waals surface area contributed by atoms with E-state index in [1.54, 1.807) is 19.1 Å². The fourth-order valence-corrected chi connectivity index (χ4v) is 5.70. The lowest BCUT2D eigenvalue weighted by atomic mass is 9.88. The van der Waals surface area contributed by atoms with Crippen LogP contribution < -0.4 is 14.4 Å². The van der Waals surface area contributed by atoms with Gasteiger partial charge in [0.15, 0.2) is 0 Å². The normalized spacial score (nSPS) is 15.4. The summed E-state index contributed by atoms with van der Waals surface area (Å²) in [4.78, 5) is 13.2. The van der Waals surface area contributed by atoms with Gasteiger partial charge < -0.3 is 10.1 Å². The number of halogens is 1. The van der Waals surface area contributed by atoms with Crippen LogP contribution in [0.3, 0.4) is 0 Å². The van der Waals surface area contributed by atoms with Crippen LogP contribution in [0.2, 0.25) is 5.02 Å². The fraction of sp³-hybridized carbons (Fsp3) is 0.458. The Morgan fingerprint density at radius 2 is 1.84 bits per heavy atom. The molecule has 0 bridgehead atoms. The van der Waals surface area contributed by atoms with Gasteiger partial charge in [-0.05, 0) is 73.9 Å². The van der Waals surface area contributed by atoms with Gasteiger partial charge in [-0.2, -0.15) is 0 Å². The van der Waals surface area contributed by atoms with Crippen LogP contribution in [0, 0.1) is 0 Å². The molecule has 8 heteroatoms. The number of anilines is 1.